The van der Waals surface area contributed by atoms with Gasteiger partial charge in [0.15, 0.2) is 5.96 Å². The van der Waals surface area contributed by atoms with Gasteiger partial charge in [0, 0.05) is 7.05 Å². The quantitative estimate of drug-likeness (QED) is 0.500. The van der Waals surface area contributed by atoms with Crippen LogP contribution < -0.4 is 15.4 Å². The Bertz CT molecular complexity index is 761. The van der Waals surface area contributed by atoms with Gasteiger partial charge in [-0.3, -0.25) is 4.99 Å². The van der Waals surface area contributed by atoms with Crippen molar-refractivity contribution in [3.63, 3.8) is 0 Å². The van der Waals surface area contributed by atoms with Gasteiger partial charge in [0.2, 0.25) is 0 Å². The summed E-state index contributed by atoms with van der Waals surface area (Å²) >= 11 is 0. The number of nitrogens with one attached hydrogen (secondary N) is 2. The molecule has 2 N–H and O–H groups in total. The maximum atomic E-state index is 5.88. The Kier molecular flexibility index (Phi) is 4.74. The summed E-state index contributed by atoms with van der Waals surface area (Å²) in [6, 6.07) is 14.9. The van der Waals surface area contributed by atoms with Crippen molar-refractivity contribution in [1.29, 1.82) is 0 Å². The number of hydrogen-bond donors (Lipinski definition) is 2. The fourth-order valence-electron chi connectivity index (χ4n) is 3.76. The van der Waals surface area contributed by atoms with Crippen LogP contribution in [0.3, 0.4) is 0 Å². The van der Waals surface area contributed by atoms with Crippen LogP contribution >= 0.6 is 0 Å². The summed E-state index contributed by atoms with van der Waals surface area (Å²) in [4.78, 5) is 4.30. The molecule has 2 aromatic carbocycles. The van der Waals surface area contributed by atoms with Gasteiger partial charge in [-0.25, -0.2) is 0 Å². The molecule has 5 heteroatoms. The number of hydrogen-bond acceptors (Lipinski definition) is 3. The summed E-state index contributed by atoms with van der Waals surface area (Å²) in [5.41, 5.74) is 0. The van der Waals surface area contributed by atoms with E-state index in [1.54, 1.807) is 7.05 Å². The monoisotopic (exact) mass is 339 g/mol. The van der Waals surface area contributed by atoms with Gasteiger partial charge >= 0.3 is 0 Å². The minimum absolute atomic E-state index is 0.345. The highest BCUT2D eigenvalue weighted by molar-refractivity contribution is 5.83. The van der Waals surface area contributed by atoms with Crippen molar-refractivity contribution < 1.29 is 9.47 Å². The molecule has 2 fully saturated rings. The van der Waals surface area contributed by atoms with E-state index in [4.69, 9.17) is 9.47 Å². The third kappa shape index (κ3) is 3.71. The second kappa shape index (κ2) is 7.31. The zero-order chi connectivity index (χ0) is 17.1. The lowest BCUT2D eigenvalue weighted by atomic mass is 9.96. The van der Waals surface area contributed by atoms with E-state index < -0.39 is 0 Å². The zero-order valence-electron chi connectivity index (χ0n) is 14.6. The number of ether oxygens (including phenoxy) is 2. The van der Waals surface area contributed by atoms with Crippen molar-refractivity contribution in [2.75, 3.05) is 20.2 Å². The summed E-state index contributed by atoms with van der Waals surface area (Å²) in [6.45, 7) is 1.29. The van der Waals surface area contributed by atoms with Gasteiger partial charge in [0.05, 0.1) is 24.8 Å². The molecule has 0 aliphatic carbocycles. The van der Waals surface area contributed by atoms with Gasteiger partial charge in [-0.15, -0.1) is 0 Å². The number of nitrogens with zero attached hydrogens (tertiary/aromatic N) is 1. The molecule has 0 saturated carbocycles. The third-order valence-electron chi connectivity index (χ3n) is 5.04. The highest BCUT2D eigenvalue weighted by Crippen LogP contribution is 2.34. The molecule has 132 valence electrons. The zero-order valence-corrected chi connectivity index (χ0v) is 14.6. The van der Waals surface area contributed by atoms with Gasteiger partial charge in [-0.1, -0.05) is 30.3 Å². The lowest BCUT2D eigenvalue weighted by Crippen LogP contribution is -2.48. The van der Waals surface area contributed by atoms with Crippen LogP contribution in [0.4, 0.5) is 0 Å². The number of guanidine groups is 1. The molecular formula is C20H25N3O2. The molecule has 2 aromatic rings. The number of fused-ring (bicyclic) bond motifs is 3. The number of aliphatic imine (C=N–C) groups is 1. The van der Waals surface area contributed by atoms with Crippen LogP contribution in [0.2, 0.25) is 0 Å². The van der Waals surface area contributed by atoms with Gasteiger partial charge < -0.3 is 20.1 Å². The fraction of sp³-hybridized carbons (Fsp3) is 0.450. The molecule has 2 heterocycles. The largest absolute Gasteiger partial charge is 0.492 e. The standard InChI is InChI=1S/C20H25N3O2/c1-21-20(23-18-13-17-8-9-19(18)25-17)22-10-11-24-16-7-6-14-4-2-3-5-15(14)12-16/h2-7,12,17-19H,8-11,13H2,1H3,(H2,21,22,23). The summed E-state index contributed by atoms with van der Waals surface area (Å²) < 4.78 is 11.7. The predicted molar refractivity (Wildman–Crippen MR) is 100 cm³/mol. The Morgan fingerprint density at radius 3 is 2.84 bits per heavy atom. The molecule has 4 rings (SSSR count). The Morgan fingerprint density at radius 2 is 2.08 bits per heavy atom. The Hall–Kier alpha value is -2.27. The summed E-state index contributed by atoms with van der Waals surface area (Å²) in [6.07, 6.45) is 4.23. The molecule has 0 radical (unpaired) electrons. The van der Waals surface area contributed by atoms with Gasteiger partial charge in [-0.05, 0) is 42.2 Å². The molecule has 0 amide bonds. The van der Waals surface area contributed by atoms with Gasteiger partial charge in [0.25, 0.3) is 0 Å². The molecule has 25 heavy (non-hydrogen) atoms. The molecule has 5 nitrogen and oxygen atoms in total. The maximum absolute atomic E-state index is 5.88. The van der Waals surface area contributed by atoms with E-state index in [1.807, 2.05) is 18.2 Å². The summed E-state index contributed by atoms with van der Waals surface area (Å²) in [7, 11) is 1.80. The second-order valence-corrected chi connectivity index (χ2v) is 6.72. The first-order chi connectivity index (χ1) is 12.3. The summed E-state index contributed by atoms with van der Waals surface area (Å²) in [5.74, 6) is 1.72. The van der Waals surface area contributed by atoms with Crippen LogP contribution in [0.25, 0.3) is 10.8 Å². The second-order valence-electron chi connectivity index (χ2n) is 6.72. The summed E-state index contributed by atoms with van der Waals surface area (Å²) in [5, 5.41) is 9.22. The van der Waals surface area contributed by atoms with E-state index in [1.165, 1.54) is 17.2 Å². The lowest BCUT2D eigenvalue weighted by Gasteiger charge is -2.22. The van der Waals surface area contributed by atoms with E-state index in [-0.39, 0.29) is 0 Å². The molecule has 2 aliphatic heterocycles. The number of rotatable bonds is 5. The molecular weight excluding hydrogens is 314 g/mol. The van der Waals surface area contributed by atoms with E-state index in [2.05, 4.69) is 39.9 Å². The molecule has 3 unspecified atom stereocenters. The van der Waals surface area contributed by atoms with Crippen molar-refractivity contribution in [1.82, 2.24) is 10.6 Å². The van der Waals surface area contributed by atoms with E-state index >= 15 is 0 Å². The van der Waals surface area contributed by atoms with Crippen molar-refractivity contribution in [3.8, 4) is 5.75 Å². The predicted octanol–water partition coefficient (Wildman–Crippen LogP) is 2.70. The Balaban J connectivity index is 1.23. The molecule has 0 aromatic heterocycles. The maximum Gasteiger partial charge on any atom is 0.191 e. The van der Waals surface area contributed by atoms with E-state index in [9.17, 15) is 0 Å². The Labute approximate surface area is 148 Å². The topological polar surface area (TPSA) is 54.9 Å². The van der Waals surface area contributed by atoms with Crippen LogP contribution in [0.1, 0.15) is 19.3 Å². The first-order valence-electron chi connectivity index (χ1n) is 9.06. The van der Waals surface area contributed by atoms with Crippen LogP contribution in [-0.4, -0.2) is 44.4 Å². The molecule has 2 bridgehead atoms. The average molecular weight is 339 g/mol. The highest BCUT2D eigenvalue weighted by atomic mass is 16.5. The molecule has 0 spiro atoms. The minimum atomic E-state index is 0.345. The van der Waals surface area contributed by atoms with Crippen LogP contribution in [0.15, 0.2) is 47.5 Å². The van der Waals surface area contributed by atoms with Crippen LogP contribution in [-0.2, 0) is 4.74 Å². The third-order valence-corrected chi connectivity index (χ3v) is 5.04. The SMILES string of the molecule is CN=C(NCCOc1ccc2ccccc2c1)NC1CC2CCC1O2. The van der Waals surface area contributed by atoms with Crippen molar-refractivity contribution in [2.45, 2.75) is 37.5 Å². The van der Waals surface area contributed by atoms with Crippen LogP contribution in [0, 0.1) is 0 Å². The first-order valence-corrected chi connectivity index (χ1v) is 9.06. The van der Waals surface area contributed by atoms with E-state index in [0.717, 1.165) is 24.6 Å². The molecule has 3 atom stereocenters. The van der Waals surface area contributed by atoms with Gasteiger partial charge in [-0.2, -0.15) is 0 Å². The van der Waals surface area contributed by atoms with Gasteiger partial charge in [0.1, 0.15) is 12.4 Å². The average Bonchev–Trinajstić information content (AvgIpc) is 3.27. The van der Waals surface area contributed by atoms with E-state index in [0.29, 0.717) is 31.4 Å². The van der Waals surface area contributed by atoms with Crippen molar-refractivity contribution in [2.24, 2.45) is 4.99 Å². The molecule has 2 aliphatic rings. The lowest BCUT2D eigenvalue weighted by molar-refractivity contribution is 0.0992. The normalized spacial score (nSPS) is 25.3. The Morgan fingerprint density at radius 1 is 1.20 bits per heavy atom. The number of benzene rings is 2. The van der Waals surface area contributed by atoms with Crippen molar-refractivity contribution >= 4 is 16.7 Å². The van der Waals surface area contributed by atoms with Crippen LogP contribution in [0.5, 0.6) is 5.75 Å². The smallest absolute Gasteiger partial charge is 0.191 e. The van der Waals surface area contributed by atoms with Crippen molar-refractivity contribution in [3.05, 3.63) is 42.5 Å². The highest BCUT2D eigenvalue weighted by Gasteiger charge is 2.41. The first kappa shape index (κ1) is 16.2. The minimum Gasteiger partial charge on any atom is -0.492 e. The molecule has 2 saturated heterocycles. The fourth-order valence-corrected chi connectivity index (χ4v) is 3.76.